The molecule has 0 saturated heterocycles. The first-order valence-electron chi connectivity index (χ1n) is 7.60. The van der Waals surface area contributed by atoms with E-state index in [2.05, 4.69) is 10.3 Å². The van der Waals surface area contributed by atoms with Gasteiger partial charge in [0.25, 0.3) is 0 Å². The first-order chi connectivity index (χ1) is 11.7. The molecular weight excluding hydrogens is 311 g/mol. The van der Waals surface area contributed by atoms with Crippen molar-refractivity contribution in [1.82, 2.24) is 10.3 Å². The quantitative estimate of drug-likeness (QED) is 0.775. The van der Waals surface area contributed by atoms with E-state index >= 15 is 0 Å². The largest absolute Gasteiger partial charge is 0.454 e. The molecule has 2 N–H and O–H groups in total. The van der Waals surface area contributed by atoms with Crippen molar-refractivity contribution in [2.45, 2.75) is 13.0 Å². The Hall–Kier alpha value is -3.02. The summed E-state index contributed by atoms with van der Waals surface area (Å²) in [4.78, 5) is 15.0. The Morgan fingerprint density at radius 1 is 1.21 bits per heavy atom. The predicted molar refractivity (Wildman–Crippen MR) is 86.4 cm³/mol. The van der Waals surface area contributed by atoms with Crippen LogP contribution in [-0.2, 0) is 17.8 Å². The van der Waals surface area contributed by atoms with E-state index in [-0.39, 0.29) is 24.9 Å². The Morgan fingerprint density at radius 2 is 2.08 bits per heavy atom. The highest BCUT2D eigenvalue weighted by molar-refractivity contribution is 5.89. The van der Waals surface area contributed by atoms with Gasteiger partial charge in [-0.1, -0.05) is 18.2 Å². The molecule has 5 nitrogen and oxygen atoms in total. The van der Waals surface area contributed by atoms with Crippen molar-refractivity contribution in [3.8, 4) is 11.5 Å². The van der Waals surface area contributed by atoms with Crippen LogP contribution in [-0.4, -0.2) is 17.7 Å². The molecule has 6 heteroatoms. The minimum absolute atomic E-state index is 0.127. The molecule has 0 fully saturated rings. The third-order valence-electron chi connectivity index (χ3n) is 4.03. The number of aromatic nitrogens is 1. The van der Waals surface area contributed by atoms with Gasteiger partial charge in [-0.2, -0.15) is 0 Å². The number of carbonyl (C=O) groups excluding carboxylic acids is 1. The minimum atomic E-state index is -0.320. The van der Waals surface area contributed by atoms with Crippen LogP contribution in [0.4, 0.5) is 4.39 Å². The summed E-state index contributed by atoms with van der Waals surface area (Å²) in [6.07, 6.45) is 1.86. The summed E-state index contributed by atoms with van der Waals surface area (Å²) in [6, 6.07) is 10.4. The van der Waals surface area contributed by atoms with Gasteiger partial charge in [0.15, 0.2) is 11.5 Å². The van der Waals surface area contributed by atoms with Crippen LogP contribution in [0.2, 0.25) is 0 Å². The highest BCUT2D eigenvalue weighted by atomic mass is 19.1. The van der Waals surface area contributed by atoms with Crippen molar-refractivity contribution >= 4 is 16.8 Å². The van der Waals surface area contributed by atoms with Crippen LogP contribution in [0.25, 0.3) is 10.9 Å². The van der Waals surface area contributed by atoms with E-state index in [0.29, 0.717) is 23.6 Å². The monoisotopic (exact) mass is 326 g/mol. The maximum atomic E-state index is 13.7. The van der Waals surface area contributed by atoms with Gasteiger partial charge < -0.3 is 19.8 Å². The number of aromatic amines is 1. The molecule has 3 aromatic rings. The van der Waals surface area contributed by atoms with Crippen LogP contribution in [0.3, 0.4) is 0 Å². The Balaban J connectivity index is 1.42. The van der Waals surface area contributed by atoms with Gasteiger partial charge in [-0.05, 0) is 29.3 Å². The second kappa shape index (κ2) is 5.88. The number of amides is 1. The van der Waals surface area contributed by atoms with Gasteiger partial charge in [-0.15, -0.1) is 0 Å². The van der Waals surface area contributed by atoms with Crippen molar-refractivity contribution in [2.75, 3.05) is 6.79 Å². The molecule has 2 aromatic carbocycles. The topological polar surface area (TPSA) is 63.4 Å². The van der Waals surface area contributed by atoms with Crippen LogP contribution in [0.5, 0.6) is 11.5 Å². The zero-order valence-electron chi connectivity index (χ0n) is 12.8. The lowest BCUT2D eigenvalue weighted by molar-refractivity contribution is -0.120. The Kier molecular flexibility index (Phi) is 3.57. The number of hydrogen-bond acceptors (Lipinski definition) is 3. The van der Waals surface area contributed by atoms with Crippen LogP contribution >= 0.6 is 0 Å². The maximum absolute atomic E-state index is 13.7. The molecule has 0 aliphatic carbocycles. The van der Waals surface area contributed by atoms with E-state index in [4.69, 9.17) is 9.47 Å². The lowest BCUT2D eigenvalue weighted by atomic mass is 10.1. The molecule has 0 bridgehead atoms. The standard InChI is InChI=1S/C18H15FN2O3/c19-14-3-1-2-13-12(9-21-18(13)14)7-17(22)20-8-11-4-5-15-16(6-11)24-10-23-15/h1-6,9,21H,7-8,10H2,(H,20,22). The lowest BCUT2D eigenvalue weighted by Gasteiger charge is -2.06. The number of benzene rings is 2. The maximum Gasteiger partial charge on any atom is 0.231 e. The number of hydrogen-bond donors (Lipinski definition) is 2. The predicted octanol–water partition coefficient (Wildman–Crippen LogP) is 2.89. The number of H-pyrrole nitrogens is 1. The Morgan fingerprint density at radius 3 is 3.00 bits per heavy atom. The van der Waals surface area contributed by atoms with Crippen molar-refractivity contribution in [1.29, 1.82) is 0 Å². The lowest BCUT2D eigenvalue weighted by Crippen LogP contribution is -2.24. The van der Waals surface area contributed by atoms with Gasteiger partial charge in [0.05, 0.1) is 11.9 Å². The molecule has 2 heterocycles. The number of nitrogens with one attached hydrogen (secondary N) is 2. The third kappa shape index (κ3) is 2.67. The highest BCUT2D eigenvalue weighted by Crippen LogP contribution is 2.32. The third-order valence-corrected chi connectivity index (χ3v) is 4.03. The van der Waals surface area contributed by atoms with Gasteiger partial charge in [0, 0.05) is 18.1 Å². The molecule has 1 aliphatic heterocycles. The van der Waals surface area contributed by atoms with Crippen LogP contribution in [0.1, 0.15) is 11.1 Å². The summed E-state index contributed by atoms with van der Waals surface area (Å²) in [5, 5.41) is 3.59. The minimum Gasteiger partial charge on any atom is -0.454 e. The molecule has 4 rings (SSSR count). The summed E-state index contributed by atoms with van der Waals surface area (Å²) < 4.78 is 24.2. The number of para-hydroxylation sites is 1. The second-order valence-electron chi connectivity index (χ2n) is 5.62. The van der Waals surface area contributed by atoms with Crippen molar-refractivity contribution < 1.29 is 18.7 Å². The smallest absolute Gasteiger partial charge is 0.231 e. The second-order valence-corrected chi connectivity index (χ2v) is 5.62. The number of ether oxygens (including phenoxy) is 2. The van der Waals surface area contributed by atoms with E-state index < -0.39 is 0 Å². The van der Waals surface area contributed by atoms with E-state index in [1.165, 1.54) is 6.07 Å². The van der Waals surface area contributed by atoms with Gasteiger partial charge in [-0.3, -0.25) is 4.79 Å². The fraction of sp³-hybridized carbons (Fsp3) is 0.167. The van der Waals surface area contributed by atoms with Crippen molar-refractivity contribution in [3.63, 3.8) is 0 Å². The fourth-order valence-electron chi connectivity index (χ4n) is 2.81. The zero-order valence-corrected chi connectivity index (χ0v) is 12.8. The van der Waals surface area contributed by atoms with Crippen LogP contribution < -0.4 is 14.8 Å². The Labute approximate surface area is 137 Å². The average Bonchev–Trinajstić information content (AvgIpc) is 3.20. The summed E-state index contributed by atoms with van der Waals surface area (Å²) in [6.45, 7) is 0.620. The van der Waals surface area contributed by atoms with Crippen molar-refractivity contribution in [2.24, 2.45) is 0 Å². The normalized spacial score (nSPS) is 12.5. The molecule has 24 heavy (non-hydrogen) atoms. The number of rotatable bonds is 4. The molecule has 1 aliphatic rings. The van der Waals surface area contributed by atoms with E-state index in [1.54, 1.807) is 18.3 Å². The SMILES string of the molecule is O=C(Cc1c[nH]c2c(F)cccc12)NCc1ccc2c(c1)OCO2. The van der Waals surface area contributed by atoms with Gasteiger partial charge in [-0.25, -0.2) is 4.39 Å². The molecule has 0 spiro atoms. The molecule has 0 radical (unpaired) electrons. The summed E-state index contributed by atoms with van der Waals surface area (Å²) in [7, 11) is 0. The molecule has 1 amide bonds. The number of halogens is 1. The molecule has 122 valence electrons. The van der Waals surface area contributed by atoms with Gasteiger partial charge >= 0.3 is 0 Å². The van der Waals surface area contributed by atoms with Gasteiger partial charge in [0.1, 0.15) is 5.82 Å². The Bertz CT molecular complexity index is 920. The van der Waals surface area contributed by atoms with E-state index in [1.807, 2.05) is 18.2 Å². The first-order valence-corrected chi connectivity index (χ1v) is 7.60. The van der Waals surface area contributed by atoms with Crippen LogP contribution in [0, 0.1) is 5.82 Å². The fourth-order valence-corrected chi connectivity index (χ4v) is 2.81. The van der Waals surface area contributed by atoms with Crippen LogP contribution in [0.15, 0.2) is 42.6 Å². The zero-order chi connectivity index (χ0) is 16.5. The number of fused-ring (bicyclic) bond motifs is 2. The first kappa shape index (κ1) is 14.6. The molecule has 0 saturated carbocycles. The molecule has 1 aromatic heterocycles. The number of carbonyl (C=O) groups is 1. The summed E-state index contributed by atoms with van der Waals surface area (Å²) >= 11 is 0. The molecular formula is C18H15FN2O3. The molecule has 0 unspecified atom stereocenters. The molecule has 0 atom stereocenters. The summed E-state index contributed by atoms with van der Waals surface area (Å²) in [5.74, 6) is 0.956. The van der Waals surface area contributed by atoms with E-state index in [9.17, 15) is 9.18 Å². The average molecular weight is 326 g/mol. The van der Waals surface area contributed by atoms with E-state index in [0.717, 1.165) is 16.5 Å². The summed E-state index contributed by atoms with van der Waals surface area (Å²) in [5.41, 5.74) is 2.13. The van der Waals surface area contributed by atoms with Crippen molar-refractivity contribution in [3.05, 3.63) is 59.5 Å². The van der Waals surface area contributed by atoms with Gasteiger partial charge in [0.2, 0.25) is 12.7 Å². The highest BCUT2D eigenvalue weighted by Gasteiger charge is 2.14.